The Morgan fingerprint density at radius 1 is 1.40 bits per heavy atom. The fourth-order valence-electron chi connectivity index (χ4n) is 1.16. The van der Waals surface area contributed by atoms with E-state index in [1.165, 1.54) is 6.07 Å². The van der Waals surface area contributed by atoms with Gasteiger partial charge < -0.3 is 4.18 Å². The van der Waals surface area contributed by atoms with E-state index in [1.54, 1.807) is 18.2 Å². The molecule has 0 fully saturated rings. The molecule has 82 valence electrons. The lowest BCUT2D eigenvalue weighted by atomic mass is 10.1. The molecule has 4 nitrogen and oxygen atoms in total. The molecule has 0 saturated carbocycles. The van der Waals surface area contributed by atoms with Crippen LogP contribution in [0.1, 0.15) is 22.8 Å². The van der Waals surface area contributed by atoms with Crippen LogP contribution in [-0.4, -0.2) is 14.4 Å². The maximum absolute atomic E-state index is 11.4. The number of hydrogen-bond donors (Lipinski definition) is 0. The number of hydrogen-bond acceptors (Lipinski definition) is 4. The first-order valence-corrected chi connectivity index (χ1v) is 6.43. The Morgan fingerprint density at radius 2 is 2.00 bits per heavy atom. The molecule has 1 aromatic rings. The van der Waals surface area contributed by atoms with Crippen LogP contribution in [0.15, 0.2) is 24.3 Å². The van der Waals surface area contributed by atoms with Crippen molar-refractivity contribution in [1.29, 1.82) is 0 Å². The fraction of sp³-hybridized carbons (Fsp3) is 0.222. The Labute approximate surface area is 92.4 Å². The van der Waals surface area contributed by atoms with Crippen LogP contribution < -0.4 is 0 Å². The standard InChI is InChI=1S/C9H9ClO4S/c1-2-7-5-3-4-6-8(7)9(11)14-15(10,12)13/h3-6H,2H2,1H3. The van der Waals surface area contributed by atoms with Gasteiger partial charge in [-0.25, -0.2) is 4.79 Å². The van der Waals surface area contributed by atoms with E-state index in [1.807, 2.05) is 6.92 Å². The molecule has 0 bridgehead atoms. The van der Waals surface area contributed by atoms with Gasteiger partial charge in [0.25, 0.3) is 0 Å². The average molecular weight is 249 g/mol. The van der Waals surface area contributed by atoms with Gasteiger partial charge in [-0.3, -0.25) is 0 Å². The molecule has 0 spiro atoms. The summed E-state index contributed by atoms with van der Waals surface area (Å²) in [5.74, 6) is -0.956. The van der Waals surface area contributed by atoms with Gasteiger partial charge in [0.2, 0.25) is 0 Å². The lowest BCUT2D eigenvalue weighted by Gasteiger charge is -2.04. The number of aryl methyl sites for hydroxylation is 1. The van der Waals surface area contributed by atoms with Gasteiger partial charge in [0.15, 0.2) is 0 Å². The Bertz CT molecular complexity index is 467. The molecular weight excluding hydrogens is 240 g/mol. The highest BCUT2D eigenvalue weighted by Crippen LogP contribution is 2.13. The third-order valence-electron chi connectivity index (χ3n) is 1.79. The van der Waals surface area contributed by atoms with E-state index >= 15 is 0 Å². The second-order valence-corrected chi connectivity index (χ2v) is 4.86. The molecule has 1 aromatic carbocycles. The fourth-order valence-corrected chi connectivity index (χ4v) is 1.61. The largest absolute Gasteiger partial charge is 0.404 e. The van der Waals surface area contributed by atoms with Crippen molar-refractivity contribution >= 4 is 26.0 Å². The molecule has 0 amide bonds. The van der Waals surface area contributed by atoms with Gasteiger partial charge in [-0.1, -0.05) is 25.1 Å². The van der Waals surface area contributed by atoms with E-state index in [2.05, 4.69) is 4.18 Å². The molecule has 0 unspecified atom stereocenters. The van der Waals surface area contributed by atoms with Crippen LogP contribution in [-0.2, 0) is 19.9 Å². The molecule has 0 aliphatic heterocycles. The monoisotopic (exact) mass is 248 g/mol. The van der Waals surface area contributed by atoms with E-state index in [0.29, 0.717) is 12.0 Å². The van der Waals surface area contributed by atoms with E-state index in [0.717, 1.165) is 0 Å². The summed E-state index contributed by atoms with van der Waals surface area (Å²) in [6.07, 6.45) is 0.605. The number of benzene rings is 1. The van der Waals surface area contributed by atoms with Gasteiger partial charge in [-0.05, 0) is 18.1 Å². The Morgan fingerprint density at radius 3 is 2.53 bits per heavy atom. The minimum absolute atomic E-state index is 0.212. The predicted octanol–water partition coefficient (Wildman–Crippen LogP) is 1.89. The van der Waals surface area contributed by atoms with Crippen LogP contribution >= 0.6 is 10.7 Å². The van der Waals surface area contributed by atoms with Crippen molar-refractivity contribution in [3.05, 3.63) is 35.4 Å². The predicted molar refractivity (Wildman–Crippen MR) is 56.0 cm³/mol. The third kappa shape index (κ3) is 3.53. The van der Waals surface area contributed by atoms with Gasteiger partial charge in [-0.15, -0.1) is 0 Å². The first-order chi connectivity index (χ1) is 6.94. The first-order valence-electron chi connectivity index (χ1n) is 4.20. The van der Waals surface area contributed by atoms with Gasteiger partial charge in [0, 0.05) is 0 Å². The summed E-state index contributed by atoms with van der Waals surface area (Å²) >= 11 is 0. The van der Waals surface area contributed by atoms with Crippen LogP contribution in [0.3, 0.4) is 0 Å². The summed E-state index contributed by atoms with van der Waals surface area (Å²) < 4.78 is 25.1. The third-order valence-corrected chi connectivity index (χ3v) is 2.33. The molecule has 0 aliphatic rings. The SMILES string of the molecule is CCc1ccccc1C(=O)OS(=O)(=O)Cl. The topological polar surface area (TPSA) is 60.4 Å². The molecule has 0 saturated heterocycles. The van der Waals surface area contributed by atoms with Crippen molar-refractivity contribution in [3.8, 4) is 0 Å². The number of rotatable bonds is 3. The molecule has 0 aromatic heterocycles. The Balaban J connectivity index is 3.01. The molecule has 6 heteroatoms. The molecule has 0 aliphatic carbocycles. The lowest BCUT2D eigenvalue weighted by molar-refractivity contribution is 0.0750. The minimum atomic E-state index is -4.27. The minimum Gasteiger partial charge on any atom is -0.330 e. The molecule has 0 radical (unpaired) electrons. The van der Waals surface area contributed by atoms with Gasteiger partial charge >= 0.3 is 15.3 Å². The zero-order chi connectivity index (χ0) is 11.5. The second kappa shape index (κ2) is 4.63. The molecule has 0 atom stereocenters. The van der Waals surface area contributed by atoms with Gasteiger partial charge in [0.1, 0.15) is 0 Å². The van der Waals surface area contributed by atoms with E-state index in [4.69, 9.17) is 10.7 Å². The van der Waals surface area contributed by atoms with E-state index < -0.39 is 15.3 Å². The smallest absolute Gasteiger partial charge is 0.330 e. The maximum atomic E-state index is 11.4. The Hall–Kier alpha value is -1.07. The molecule has 1 rings (SSSR count). The summed E-state index contributed by atoms with van der Waals surface area (Å²) in [5.41, 5.74) is 0.923. The number of carbonyl (C=O) groups excluding carboxylic acids is 1. The molecular formula is C9H9ClO4S. The maximum Gasteiger partial charge on any atom is 0.404 e. The van der Waals surface area contributed by atoms with Crippen molar-refractivity contribution in [3.63, 3.8) is 0 Å². The summed E-state index contributed by atoms with van der Waals surface area (Å²) in [4.78, 5) is 11.4. The van der Waals surface area contributed by atoms with Crippen molar-refractivity contribution in [2.45, 2.75) is 13.3 Å². The van der Waals surface area contributed by atoms with Crippen molar-refractivity contribution in [1.82, 2.24) is 0 Å². The van der Waals surface area contributed by atoms with Crippen LogP contribution in [0.5, 0.6) is 0 Å². The number of carbonyl (C=O) groups is 1. The normalized spacial score (nSPS) is 11.1. The molecule has 15 heavy (non-hydrogen) atoms. The Kier molecular flexibility index (Phi) is 3.71. The van der Waals surface area contributed by atoms with Crippen molar-refractivity contribution in [2.24, 2.45) is 0 Å². The van der Waals surface area contributed by atoms with Crippen molar-refractivity contribution in [2.75, 3.05) is 0 Å². The van der Waals surface area contributed by atoms with E-state index in [-0.39, 0.29) is 5.56 Å². The number of halogens is 1. The summed E-state index contributed by atoms with van der Waals surface area (Å²) in [6.45, 7) is 1.85. The van der Waals surface area contributed by atoms with Crippen LogP contribution in [0.4, 0.5) is 0 Å². The molecule has 0 heterocycles. The van der Waals surface area contributed by atoms with Crippen LogP contribution in [0, 0.1) is 0 Å². The van der Waals surface area contributed by atoms with Crippen LogP contribution in [0.2, 0.25) is 0 Å². The quantitative estimate of drug-likeness (QED) is 0.767. The zero-order valence-electron chi connectivity index (χ0n) is 7.94. The van der Waals surface area contributed by atoms with Crippen molar-refractivity contribution < 1.29 is 17.4 Å². The second-order valence-electron chi connectivity index (χ2n) is 2.77. The molecule has 0 N–H and O–H groups in total. The first kappa shape index (κ1) is 12.0. The summed E-state index contributed by atoms with van der Waals surface area (Å²) in [6, 6.07) is 6.59. The van der Waals surface area contributed by atoms with E-state index in [9.17, 15) is 13.2 Å². The highest BCUT2D eigenvalue weighted by Gasteiger charge is 2.17. The highest BCUT2D eigenvalue weighted by atomic mass is 35.7. The highest BCUT2D eigenvalue weighted by molar-refractivity contribution is 8.10. The van der Waals surface area contributed by atoms with Gasteiger partial charge in [-0.2, -0.15) is 8.42 Å². The summed E-state index contributed by atoms with van der Waals surface area (Å²) in [7, 11) is 0.529. The lowest BCUT2D eigenvalue weighted by Crippen LogP contribution is -2.10. The van der Waals surface area contributed by atoms with Crippen LogP contribution in [0.25, 0.3) is 0 Å². The zero-order valence-corrected chi connectivity index (χ0v) is 9.51. The van der Waals surface area contributed by atoms with Gasteiger partial charge in [0.05, 0.1) is 16.2 Å². The average Bonchev–Trinajstić information content (AvgIpc) is 2.15. The summed E-state index contributed by atoms with van der Waals surface area (Å²) in [5, 5.41) is 0.